The number of aromatic nitrogens is 2. The Morgan fingerprint density at radius 2 is 1.67 bits per heavy atom. The summed E-state index contributed by atoms with van der Waals surface area (Å²) in [6.45, 7) is 3.30. The fraction of sp³-hybridized carbons (Fsp3) is 0.679. The van der Waals surface area contributed by atoms with Crippen molar-refractivity contribution >= 4 is 17.5 Å². The van der Waals surface area contributed by atoms with Gasteiger partial charge in [-0.3, -0.25) is 14.0 Å². The Kier molecular flexibility index (Phi) is 5.40. The second-order valence-electron chi connectivity index (χ2n) is 12.1. The zero-order valence-corrected chi connectivity index (χ0v) is 20.9. The molecule has 0 radical (unpaired) electrons. The van der Waals surface area contributed by atoms with Crippen LogP contribution in [-0.4, -0.2) is 64.7 Å². The normalized spacial score (nSPS) is 32.4. The highest BCUT2D eigenvalue weighted by atomic mass is 16.7. The molecule has 1 spiro atoms. The Morgan fingerprint density at radius 1 is 1.00 bits per heavy atom. The van der Waals surface area contributed by atoms with Crippen molar-refractivity contribution in [2.24, 2.45) is 23.2 Å². The maximum absolute atomic E-state index is 13.3. The number of hydrogen-bond acceptors (Lipinski definition) is 5. The van der Waals surface area contributed by atoms with Gasteiger partial charge in [-0.25, -0.2) is 4.98 Å². The van der Waals surface area contributed by atoms with Crippen LogP contribution < -0.4 is 5.32 Å². The molecule has 2 aromatic rings. The van der Waals surface area contributed by atoms with Crippen LogP contribution in [0.1, 0.15) is 67.5 Å². The summed E-state index contributed by atoms with van der Waals surface area (Å²) >= 11 is 0. The first-order chi connectivity index (χ1) is 17.5. The lowest BCUT2D eigenvalue weighted by atomic mass is 9.49. The van der Waals surface area contributed by atoms with Crippen molar-refractivity contribution in [2.75, 3.05) is 32.8 Å². The first-order valence-electron chi connectivity index (χ1n) is 13.8. The van der Waals surface area contributed by atoms with Gasteiger partial charge in [-0.15, -0.1) is 0 Å². The number of amides is 2. The summed E-state index contributed by atoms with van der Waals surface area (Å²) in [6, 6.07) is 5.61. The Bertz CT molecular complexity index is 1140. The average Bonchev–Trinajstić information content (AvgIpc) is 3.48. The fourth-order valence-electron chi connectivity index (χ4n) is 8.35. The van der Waals surface area contributed by atoms with Gasteiger partial charge in [0.15, 0.2) is 5.79 Å². The van der Waals surface area contributed by atoms with E-state index in [9.17, 15) is 9.59 Å². The van der Waals surface area contributed by atoms with E-state index < -0.39 is 5.79 Å². The molecule has 0 aromatic carbocycles. The molecule has 4 aliphatic carbocycles. The third-order valence-electron chi connectivity index (χ3n) is 9.59. The molecule has 6 fully saturated rings. The van der Waals surface area contributed by atoms with Gasteiger partial charge in [0.25, 0.3) is 5.91 Å². The zero-order chi connectivity index (χ0) is 24.3. The van der Waals surface area contributed by atoms with Gasteiger partial charge in [0, 0.05) is 38.7 Å². The van der Waals surface area contributed by atoms with Crippen molar-refractivity contribution in [2.45, 2.75) is 63.6 Å². The maximum Gasteiger partial charge on any atom is 0.268 e. The maximum atomic E-state index is 13.3. The van der Waals surface area contributed by atoms with E-state index >= 15 is 0 Å². The smallest absolute Gasteiger partial charge is 0.268 e. The lowest BCUT2D eigenvalue weighted by molar-refractivity contribution is -0.187. The number of likely N-dealkylation sites (tertiary alicyclic amines) is 1. The molecule has 2 amide bonds. The van der Waals surface area contributed by atoms with Crippen molar-refractivity contribution in [3.63, 3.8) is 0 Å². The average molecular weight is 493 g/mol. The van der Waals surface area contributed by atoms with Crippen LogP contribution in [0.15, 0.2) is 24.4 Å². The van der Waals surface area contributed by atoms with Crippen molar-refractivity contribution in [3.05, 3.63) is 35.8 Å². The van der Waals surface area contributed by atoms with E-state index in [2.05, 4.69) is 10.3 Å². The van der Waals surface area contributed by atoms with E-state index in [1.165, 1.54) is 38.5 Å². The molecule has 2 saturated heterocycles. The summed E-state index contributed by atoms with van der Waals surface area (Å²) in [7, 11) is 0. The molecule has 0 atom stereocenters. The number of piperidine rings is 1. The number of ether oxygens (including phenoxy) is 2. The van der Waals surface area contributed by atoms with Crippen molar-refractivity contribution < 1.29 is 19.1 Å². The second-order valence-corrected chi connectivity index (χ2v) is 12.1. The summed E-state index contributed by atoms with van der Waals surface area (Å²) in [5.74, 6) is 2.12. The topological polar surface area (TPSA) is 85.2 Å². The Balaban J connectivity index is 1.01. The van der Waals surface area contributed by atoms with E-state index in [0.717, 1.165) is 24.3 Å². The van der Waals surface area contributed by atoms with Crippen LogP contribution in [-0.2, 0) is 20.7 Å². The predicted octanol–water partition coefficient (Wildman–Crippen LogP) is 3.19. The molecule has 8 rings (SSSR count). The molecule has 4 heterocycles. The number of carbonyl (C=O) groups excluding carboxylic acids is 2. The number of nitrogens with one attached hydrogen (secondary N) is 1. The minimum absolute atomic E-state index is 0.0514. The van der Waals surface area contributed by atoms with Crippen LogP contribution in [0.5, 0.6) is 0 Å². The Morgan fingerprint density at radius 3 is 2.33 bits per heavy atom. The van der Waals surface area contributed by atoms with Gasteiger partial charge in [0.05, 0.1) is 25.3 Å². The van der Waals surface area contributed by atoms with Crippen LogP contribution in [0.2, 0.25) is 0 Å². The molecule has 2 aromatic heterocycles. The van der Waals surface area contributed by atoms with Crippen LogP contribution in [0.3, 0.4) is 0 Å². The molecular formula is C28H36N4O4. The zero-order valence-electron chi connectivity index (χ0n) is 20.9. The van der Waals surface area contributed by atoms with E-state index in [1.807, 2.05) is 33.7 Å². The number of hydrogen-bond donors (Lipinski definition) is 1. The van der Waals surface area contributed by atoms with E-state index in [1.54, 1.807) is 0 Å². The van der Waals surface area contributed by atoms with Gasteiger partial charge >= 0.3 is 0 Å². The largest absolute Gasteiger partial charge is 0.350 e. The molecule has 6 aliphatic rings. The molecule has 1 N–H and O–H groups in total. The van der Waals surface area contributed by atoms with Gasteiger partial charge in [-0.05, 0) is 73.8 Å². The molecule has 0 unspecified atom stereocenters. The molecule has 192 valence electrons. The second kappa shape index (κ2) is 8.55. The van der Waals surface area contributed by atoms with Gasteiger partial charge in [0.2, 0.25) is 5.91 Å². The van der Waals surface area contributed by atoms with Crippen molar-refractivity contribution in [3.8, 4) is 0 Å². The van der Waals surface area contributed by atoms with Crippen molar-refractivity contribution in [1.82, 2.24) is 19.6 Å². The summed E-state index contributed by atoms with van der Waals surface area (Å²) < 4.78 is 13.4. The van der Waals surface area contributed by atoms with Gasteiger partial charge < -0.3 is 19.7 Å². The molecule has 4 saturated carbocycles. The molecule has 4 bridgehead atoms. The summed E-state index contributed by atoms with van der Waals surface area (Å²) in [5.41, 5.74) is 2.27. The third kappa shape index (κ3) is 4.02. The van der Waals surface area contributed by atoms with E-state index in [-0.39, 0.29) is 18.2 Å². The van der Waals surface area contributed by atoms with Crippen LogP contribution in [0.25, 0.3) is 5.65 Å². The number of pyridine rings is 1. The number of rotatable bonds is 5. The van der Waals surface area contributed by atoms with E-state index in [0.29, 0.717) is 61.6 Å². The lowest BCUT2D eigenvalue weighted by Crippen LogP contribution is -2.51. The summed E-state index contributed by atoms with van der Waals surface area (Å²) in [5, 5.41) is 3.29. The molecule has 36 heavy (non-hydrogen) atoms. The van der Waals surface area contributed by atoms with Gasteiger partial charge in [0.1, 0.15) is 11.3 Å². The number of nitrogens with zero attached hydrogens (tertiary/aromatic N) is 3. The van der Waals surface area contributed by atoms with Gasteiger partial charge in [-0.2, -0.15) is 0 Å². The lowest BCUT2D eigenvalue weighted by Gasteiger charge is -2.56. The highest BCUT2D eigenvalue weighted by Gasteiger charge is 2.50. The molecular weight excluding hydrogens is 456 g/mol. The standard InChI is InChI=1S/C28H36N4O4/c33-25(31-6-4-28(5-7-31)35-8-9-36-28)13-22-17-32-23(2-1-3-24(32)30-22)26(34)29-18-27-14-19-10-20(15-27)12-21(11-19)16-27/h1-3,17,19-21H,4-16,18H2,(H,29,34). The number of imidazole rings is 1. The highest BCUT2D eigenvalue weighted by Crippen LogP contribution is 2.59. The highest BCUT2D eigenvalue weighted by molar-refractivity contribution is 5.93. The quantitative estimate of drug-likeness (QED) is 0.693. The predicted molar refractivity (Wildman–Crippen MR) is 132 cm³/mol. The number of carbonyl (C=O) groups is 2. The van der Waals surface area contributed by atoms with Crippen LogP contribution in [0, 0.1) is 23.2 Å². The molecule has 8 nitrogen and oxygen atoms in total. The number of fused-ring (bicyclic) bond motifs is 1. The summed E-state index contributed by atoms with van der Waals surface area (Å²) in [6.07, 6.45) is 11.5. The molecule has 2 aliphatic heterocycles. The van der Waals surface area contributed by atoms with Crippen LogP contribution >= 0.6 is 0 Å². The monoisotopic (exact) mass is 492 g/mol. The SMILES string of the molecule is O=C(NCC12CC3CC(CC(C3)C1)C2)c1cccc2nc(CC(=O)N3CCC4(CC3)OCCO4)cn12. The minimum atomic E-state index is -0.488. The van der Waals surface area contributed by atoms with Gasteiger partial charge in [-0.1, -0.05) is 6.07 Å². The first-order valence-corrected chi connectivity index (χ1v) is 13.8. The van der Waals surface area contributed by atoms with Crippen LogP contribution in [0.4, 0.5) is 0 Å². The van der Waals surface area contributed by atoms with E-state index in [4.69, 9.17) is 9.47 Å². The fourth-order valence-corrected chi connectivity index (χ4v) is 8.35. The summed E-state index contributed by atoms with van der Waals surface area (Å²) in [4.78, 5) is 32.8. The van der Waals surface area contributed by atoms with Crippen molar-refractivity contribution in [1.29, 1.82) is 0 Å². The Hall–Kier alpha value is -2.45. The first kappa shape index (κ1) is 22.7. The Labute approximate surface area is 211 Å². The third-order valence-corrected chi connectivity index (χ3v) is 9.59. The minimum Gasteiger partial charge on any atom is -0.350 e. The molecule has 8 heteroatoms.